The third-order valence-corrected chi connectivity index (χ3v) is 6.48. The van der Waals surface area contributed by atoms with Crippen LogP contribution in [-0.4, -0.2) is 41.3 Å². The predicted molar refractivity (Wildman–Crippen MR) is 101 cm³/mol. The van der Waals surface area contributed by atoms with Gasteiger partial charge >= 0.3 is 5.76 Å². The van der Waals surface area contributed by atoms with E-state index in [1.807, 2.05) is 0 Å². The summed E-state index contributed by atoms with van der Waals surface area (Å²) in [6.07, 6.45) is 4.74. The molecule has 3 heterocycles. The summed E-state index contributed by atoms with van der Waals surface area (Å²) in [6, 6.07) is 7.61. The molecule has 1 aliphatic rings. The van der Waals surface area contributed by atoms with E-state index in [2.05, 4.69) is 10.3 Å². The minimum absolute atomic E-state index is 0.0719. The standard InChI is InChI=1S/C18H18N4O5S/c23-17(20-13-4-3-7-19-11-13)12-22-15-6-5-14(10-16(15)27-18(22)24)28(25,26)21-8-1-2-9-21/h3-7,10-11H,1-2,8-9,12H2,(H,20,23). The lowest BCUT2D eigenvalue weighted by molar-refractivity contribution is -0.116. The second kappa shape index (κ2) is 7.21. The third-order valence-electron chi connectivity index (χ3n) is 4.59. The number of nitrogens with zero attached hydrogens (tertiary/aromatic N) is 3. The number of hydrogen-bond donors (Lipinski definition) is 1. The largest absolute Gasteiger partial charge is 0.420 e. The molecule has 1 fully saturated rings. The number of hydrogen-bond acceptors (Lipinski definition) is 6. The summed E-state index contributed by atoms with van der Waals surface area (Å²) >= 11 is 0. The molecular formula is C18H18N4O5S. The Kier molecular flexibility index (Phi) is 4.73. The average Bonchev–Trinajstić information content (AvgIpc) is 3.31. The Balaban J connectivity index is 1.61. The summed E-state index contributed by atoms with van der Waals surface area (Å²) in [5.41, 5.74) is 0.985. The number of nitrogens with one attached hydrogen (secondary N) is 1. The van der Waals surface area contributed by atoms with Crippen molar-refractivity contribution in [3.05, 3.63) is 53.3 Å². The lowest BCUT2D eigenvalue weighted by atomic mass is 10.3. The summed E-state index contributed by atoms with van der Waals surface area (Å²) in [7, 11) is -3.62. The highest BCUT2D eigenvalue weighted by Crippen LogP contribution is 2.24. The van der Waals surface area contributed by atoms with Gasteiger partial charge in [-0.25, -0.2) is 13.2 Å². The van der Waals surface area contributed by atoms with Crippen LogP contribution >= 0.6 is 0 Å². The molecule has 0 radical (unpaired) electrons. The molecule has 3 aromatic rings. The minimum Gasteiger partial charge on any atom is -0.408 e. The molecule has 1 N–H and O–H groups in total. The van der Waals surface area contributed by atoms with Crippen LogP contribution < -0.4 is 11.1 Å². The Labute approximate surface area is 160 Å². The Bertz CT molecular complexity index is 1180. The molecule has 28 heavy (non-hydrogen) atoms. The Morgan fingerprint density at radius 3 is 2.71 bits per heavy atom. The molecule has 1 saturated heterocycles. The molecule has 1 aliphatic heterocycles. The molecule has 0 spiro atoms. The Hall–Kier alpha value is -2.98. The molecule has 9 nitrogen and oxygen atoms in total. The number of amides is 1. The molecule has 2 aromatic heterocycles. The van der Waals surface area contributed by atoms with Crippen molar-refractivity contribution in [2.24, 2.45) is 0 Å². The molecular weight excluding hydrogens is 384 g/mol. The molecule has 0 saturated carbocycles. The van der Waals surface area contributed by atoms with Crippen LogP contribution in [-0.2, 0) is 21.4 Å². The molecule has 0 unspecified atom stereocenters. The summed E-state index contributed by atoms with van der Waals surface area (Å²) in [5, 5.41) is 2.64. The molecule has 0 atom stereocenters. The van der Waals surface area contributed by atoms with Crippen molar-refractivity contribution in [2.75, 3.05) is 18.4 Å². The van der Waals surface area contributed by atoms with Crippen LogP contribution in [0.5, 0.6) is 0 Å². The molecule has 1 aromatic carbocycles. The van der Waals surface area contributed by atoms with Gasteiger partial charge in [-0.05, 0) is 37.1 Å². The topological polar surface area (TPSA) is 115 Å². The second-order valence-electron chi connectivity index (χ2n) is 6.48. The molecule has 0 aliphatic carbocycles. The maximum Gasteiger partial charge on any atom is 0.420 e. The van der Waals surface area contributed by atoms with Crippen molar-refractivity contribution in [3.63, 3.8) is 0 Å². The number of anilines is 1. The first-order chi connectivity index (χ1) is 13.4. The van der Waals surface area contributed by atoms with Crippen molar-refractivity contribution in [1.29, 1.82) is 0 Å². The molecule has 4 rings (SSSR count). The zero-order valence-corrected chi connectivity index (χ0v) is 15.7. The van der Waals surface area contributed by atoms with Crippen molar-refractivity contribution < 1.29 is 17.6 Å². The fourth-order valence-electron chi connectivity index (χ4n) is 3.22. The van der Waals surface area contributed by atoms with Crippen LogP contribution in [0.4, 0.5) is 5.69 Å². The van der Waals surface area contributed by atoms with Gasteiger partial charge in [0.1, 0.15) is 6.54 Å². The van der Waals surface area contributed by atoms with E-state index in [0.29, 0.717) is 24.3 Å². The van der Waals surface area contributed by atoms with E-state index in [0.717, 1.165) is 17.4 Å². The maximum atomic E-state index is 12.7. The number of sulfonamides is 1. The fourth-order valence-corrected chi connectivity index (χ4v) is 4.75. The number of benzene rings is 1. The van der Waals surface area contributed by atoms with Crippen molar-refractivity contribution in [2.45, 2.75) is 24.3 Å². The summed E-state index contributed by atoms with van der Waals surface area (Å²) < 4.78 is 33.1. The van der Waals surface area contributed by atoms with Crippen LogP contribution in [0.15, 0.2) is 56.8 Å². The van der Waals surface area contributed by atoms with Gasteiger partial charge in [-0.2, -0.15) is 4.31 Å². The second-order valence-corrected chi connectivity index (χ2v) is 8.42. The number of carbonyl (C=O) groups is 1. The van der Waals surface area contributed by atoms with Crippen LogP contribution in [0.2, 0.25) is 0 Å². The van der Waals surface area contributed by atoms with Crippen LogP contribution in [0.1, 0.15) is 12.8 Å². The SMILES string of the molecule is O=C(Cn1c(=O)oc2cc(S(=O)(=O)N3CCCC3)ccc21)Nc1cccnc1. The van der Waals surface area contributed by atoms with Gasteiger partial charge in [-0.1, -0.05) is 0 Å². The van der Waals surface area contributed by atoms with Crippen LogP contribution in [0, 0.1) is 0 Å². The van der Waals surface area contributed by atoms with Gasteiger partial charge in [0, 0.05) is 25.4 Å². The Morgan fingerprint density at radius 1 is 1.21 bits per heavy atom. The zero-order valence-electron chi connectivity index (χ0n) is 14.9. The highest BCUT2D eigenvalue weighted by atomic mass is 32.2. The van der Waals surface area contributed by atoms with Gasteiger partial charge < -0.3 is 9.73 Å². The van der Waals surface area contributed by atoms with E-state index in [9.17, 15) is 18.0 Å². The number of aromatic nitrogens is 2. The first kappa shape index (κ1) is 18.4. The number of oxazole rings is 1. The van der Waals surface area contributed by atoms with Crippen LogP contribution in [0.25, 0.3) is 11.1 Å². The highest BCUT2D eigenvalue weighted by molar-refractivity contribution is 7.89. The summed E-state index contributed by atoms with van der Waals surface area (Å²) in [5.74, 6) is -1.15. The van der Waals surface area contributed by atoms with Gasteiger partial charge in [0.25, 0.3) is 0 Å². The molecule has 0 bridgehead atoms. The maximum absolute atomic E-state index is 12.7. The number of pyridine rings is 1. The first-order valence-corrected chi connectivity index (χ1v) is 10.2. The normalized spacial score (nSPS) is 15.1. The summed E-state index contributed by atoms with van der Waals surface area (Å²) in [4.78, 5) is 28.4. The van der Waals surface area contributed by atoms with E-state index in [-0.39, 0.29) is 17.0 Å². The van der Waals surface area contributed by atoms with Gasteiger partial charge in [-0.3, -0.25) is 14.3 Å². The van der Waals surface area contributed by atoms with E-state index in [1.165, 1.54) is 28.7 Å². The van der Waals surface area contributed by atoms with E-state index in [4.69, 9.17) is 4.42 Å². The van der Waals surface area contributed by atoms with Crippen LogP contribution in [0.3, 0.4) is 0 Å². The number of carbonyl (C=O) groups excluding carboxylic acids is 1. The molecule has 1 amide bonds. The van der Waals surface area contributed by atoms with Gasteiger partial charge in [0.05, 0.1) is 22.3 Å². The zero-order chi connectivity index (χ0) is 19.7. The van der Waals surface area contributed by atoms with E-state index in [1.54, 1.807) is 18.3 Å². The number of rotatable bonds is 5. The lowest BCUT2D eigenvalue weighted by Gasteiger charge is -2.15. The monoisotopic (exact) mass is 402 g/mol. The predicted octanol–water partition coefficient (Wildman–Crippen LogP) is 1.41. The van der Waals surface area contributed by atoms with Gasteiger partial charge in [-0.15, -0.1) is 0 Å². The molecule has 10 heteroatoms. The van der Waals surface area contributed by atoms with Gasteiger partial charge in [0.15, 0.2) is 5.58 Å². The lowest BCUT2D eigenvalue weighted by Crippen LogP contribution is -2.27. The third kappa shape index (κ3) is 3.43. The van der Waals surface area contributed by atoms with E-state index >= 15 is 0 Å². The van der Waals surface area contributed by atoms with Crippen molar-refractivity contribution in [3.8, 4) is 0 Å². The number of fused-ring (bicyclic) bond motifs is 1. The van der Waals surface area contributed by atoms with Gasteiger partial charge in [0.2, 0.25) is 15.9 Å². The Morgan fingerprint density at radius 2 is 2.00 bits per heavy atom. The smallest absolute Gasteiger partial charge is 0.408 e. The average molecular weight is 402 g/mol. The summed E-state index contributed by atoms with van der Waals surface area (Å²) in [6.45, 7) is 0.707. The first-order valence-electron chi connectivity index (χ1n) is 8.78. The molecule has 146 valence electrons. The van der Waals surface area contributed by atoms with E-state index < -0.39 is 21.7 Å². The quantitative estimate of drug-likeness (QED) is 0.690. The fraction of sp³-hybridized carbons (Fsp3) is 0.278. The highest BCUT2D eigenvalue weighted by Gasteiger charge is 2.28. The van der Waals surface area contributed by atoms with Crippen molar-refractivity contribution in [1.82, 2.24) is 13.9 Å². The van der Waals surface area contributed by atoms with Crippen molar-refractivity contribution >= 4 is 32.7 Å². The minimum atomic E-state index is -3.62.